The summed E-state index contributed by atoms with van der Waals surface area (Å²) in [6.07, 6.45) is 1.42. The first kappa shape index (κ1) is 14.5. The van der Waals surface area contributed by atoms with E-state index in [2.05, 4.69) is 9.97 Å². The van der Waals surface area contributed by atoms with Crippen LogP contribution in [-0.2, 0) is 0 Å². The van der Waals surface area contributed by atoms with Gasteiger partial charge in [0.25, 0.3) is 0 Å². The maximum absolute atomic E-state index is 12.2. The zero-order valence-electron chi connectivity index (χ0n) is 12.3. The van der Waals surface area contributed by atoms with Crippen molar-refractivity contribution in [2.45, 2.75) is 0 Å². The summed E-state index contributed by atoms with van der Waals surface area (Å²) in [4.78, 5) is 20.4. The molecule has 2 N–H and O–H groups in total. The second kappa shape index (κ2) is 5.50. The Labute approximate surface area is 141 Å². The van der Waals surface area contributed by atoms with Crippen molar-refractivity contribution < 1.29 is 4.42 Å². The van der Waals surface area contributed by atoms with Crippen LogP contribution in [0.3, 0.4) is 0 Å². The number of nitrogens with two attached hydrogens (primary N) is 1. The number of benzene rings is 2. The molecule has 24 heavy (non-hydrogen) atoms. The van der Waals surface area contributed by atoms with Gasteiger partial charge < -0.3 is 10.2 Å². The fourth-order valence-electron chi connectivity index (χ4n) is 2.45. The number of nitrogens with zero attached hydrogens (tertiary/aromatic N) is 3. The zero-order valence-corrected chi connectivity index (χ0v) is 13.1. The molecule has 0 radical (unpaired) electrons. The summed E-state index contributed by atoms with van der Waals surface area (Å²) in [5, 5.41) is 0.189. The highest BCUT2D eigenvalue weighted by Gasteiger charge is 2.14. The summed E-state index contributed by atoms with van der Waals surface area (Å²) in [6, 6.07) is 14.9. The highest BCUT2D eigenvalue weighted by Crippen LogP contribution is 2.28. The number of hydrogen-bond acceptors (Lipinski definition) is 5. The van der Waals surface area contributed by atoms with E-state index < -0.39 is 5.69 Å². The average molecular weight is 339 g/mol. The molecular formula is C17H11ClN4O2. The summed E-state index contributed by atoms with van der Waals surface area (Å²) in [5.41, 5.74) is 7.48. The van der Waals surface area contributed by atoms with Gasteiger partial charge in [-0.05, 0) is 24.3 Å². The summed E-state index contributed by atoms with van der Waals surface area (Å²) >= 11 is 5.99. The molecule has 7 heteroatoms. The zero-order chi connectivity index (χ0) is 16.7. The quantitative estimate of drug-likeness (QED) is 0.606. The monoisotopic (exact) mass is 338 g/mol. The lowest BCUT2D eigenvalue weighted by Crippen LogP contribution is -2.22. The van der Waals surface area contributed by atoms with E-state index in [0.29, 0.717) is 22.7 Å². The molecule has 0 unspecified atom stereocenters. The van der Waals surface area contributed by atoms with Gasteiger partial charge in [-0.3, -0.25) is 4.57 Å². The number of halogens is 1. The summed E-state index contributed by atoms with van der Waals surface area (Å²) in [5.74, 6) is 0.466. The topological polar surface area (TPSA) is 86.9 Å². The van der Waals surface area contributed by atoms with Crippen LogP contribution in [0, 0.1) is 0 Å². The van der Waals surface area contributed by atoms with Gasteiger partial charge in [0.2, 0.25) is 5.89 Å². The summed E-state index contributed by atoms with van der Waals surface area (Å²) < 4.78 is 7.18. The molecule has 6 nitrogen and oxygen atoms in total. The SMILES string of the molecule is Nc1nc(=O)n(-c2cccc3nc(-c4ccccc4)oc23)cc1Cl. The van der Waals surface area contributed by atoms with Gasteiger partial charge in [0.05, 0.1) is 10.7 Å². The number of para-hydroxylation sites is 1. The van der Waals surface area contributed by atoms with E-state index in [1.54, 1.807) is 12.1 Å². The normalized spacial score (nSPS) is 11.0. The van der Waals surface area contributed by atoms with Gasteiger partial charge in [0, 0.05) is 11.8 Å². The molecule has 0 aliphatic heterocycles. The number of anilines is 1. The molecule has 118 valence electrons. The van der Waals surface area contributed by atoms with Crippen LogP contribution in [-0.4, -0.2) is 14.5 Å². The van der Waals surface area contributed by atoms with Gasteiger partial charge in [-0.25, -0.2) is 9.78 Å². The second-order valence-electron chi connectivity index (χ2n) is 5.14. The molecule has 0 spiro atoms. The molecule has 0 saturated carbocycles. The van der Waals surface area contributed by atoms with Crippen molar-refractivity contribution in [2.75, 3.05) is 5.73 Å². The van der Waals surface area contributed by atoms with Crippen LogP contribution in [0.15, 0.2) is 63.9 Å². The molecular weight excluding hydrogens is 328 g/mol. The van der Waals surface area contributed by atoms with Gasteiger partial charge in [-0.1, -0.05) is 35.9 Å². The van der Waals surface area contributed by atoms with Crippen molar-refractivity contribution >= 4 is 28.5 Å². The van der Waals surface area contributed by atoms with Crippen molar-refractivity contribution in [1.82, 2.24) is 14.5 Å². The molecule has 4 rings (SSSR count). The lowest BCUT2D eigenvalue weighted by molar-refractivity contribution is 0.616. The second-order valence-corrected chi connectivity index (χ2v) is 5.54. The lowest BCUT2D eigenvalue weighted by Gasteiger charge is -2.06. The van der Waals surface area contributed by atoms with E-state index in [4.69, 9.17) is 21.8 Å². The third kappa shape index (κ3) is 2.33. The number of hydrogen-bond donors (Lipinski definition) is 1. The van der Waals surface area contributed by atoms with Gasteiger partial charge in [0.15, 0.2) is 5.58 Å². The minimum absolute atomic E-state index is 0.00682. The van der Waals surface area contributed by atoms with Crippen LogP contribution < -0.4 is 11.4 Å². The molecule has 0 bridgehead atoms. The van der Waals surface area contributed by atoms with Crippen molar-refractivity contribution in [1.29, 1.82) is 0 Å². The van der Waals surface area contributed by atoms with E-state index >= 15 is 0 Å². The molecule has 0 saturated heterocycles. The average Bonchev–Trinajstić information content (AvgIpc) is 3.03. The van der Waals surface area contributed by atoms with Crippen LogP contribution in [0.1, 0.15) is 0 Å². The Balaban J connectivity index is 1.96. The minimum atomic E-state index is -0.540. The standard InChI is InChI=1S/C17H11ClN4O2/c18-11-9-22(17(23)21-15(11)19)13-8-4-7-12-14(13)24-16(20-12)10-5-2-1-3-6-10/h1-9H,(H2,19,21,23). The first-order chi connectivity index (χ1) is 11.6. The smallest absolute Gasteiger partial charge is 0.354 e. The molecule has 2 aromatic carbocycles. The Kier molecular flexibility index (Phi) is 3.32. The van der Waals surface area contributed by atoms with Crippen molar-refractivity contribution in [3.8, 4) is 17.1 Å². The van der Waals surface area contributed by atoms with E-state index in [9.17, 15) is 4.79 Å². The van der Waals surface area contributed by atoms with Gasteiger partial charge in [0.1, 0.15) is 11.3 Å². The van der Waals surface area contributed by atoms with Crippen LogP contribution in [0.4, 0.5) is 5.82 Å². The predicted molar refractivity (Wildman–Crippen MR) is 92.3 cm³/mol. The van der Waals surface area contributed by atoms with Crippen molar-refractivity contribution in [3.63, 3.8) is 0 Å². The van der Waals surface area contributed by atoms with E-state index in [0.717, 1.165) is 5.56 Å². The van der Waals surface area contributed by atoms with Gasteiger partial charge >= 0.3 is 5.69 Å². The highest BCUT2D eigenvalue weighted by molar-refractivity contribution is 6.32. The number of fused-ring (bicyclic) bond motifs is 1. The van der Waals surface area contributed by atoms with Crippen molar-refractivity contribution in [2.24, 2.45) is 0 Å². The third-order valence-corrected chi connectivity index (χ3v) is 3.88. The van der Waals surface area contributed by atoms with E-state index in [-0.39, 0.29) is 10.8 Å². The van der Waals surface area contributed by atoms with Crippen LogP contribution in [0.5, 0.6) is 0 Å². The molecule has 0 atom stereocenters. The van der Waals surface area contributed by atoms with Gasteiger partial charge in [-0.2, -0.15) is 4.98 Å². The first-order valence-electron chi connectivity index (χ1n) is 7.13. The van der Waals surface area contributed by atoms with E-state index in [1.165, 1.54) is 10.8 Å². The molecule has 4 aromatic rings. The molecule has 0 aliphatic rings. The Bertz CT molecular complexity index is 1100. The third-order valence-electron chi connectivity index (χ3n) is 3.58. The largest absolute Gasteiger partial charge is 0.434 e. The molecule has 2 heterocycles. The highest BCUT2D eigenvalue weighted by atomic mass is 35.5. The Morgan fingerprint density at radius 2 is 1.83 bits per heavy atom. The first-order valence-corrected chi connectivity index (χ1v) is 7.51. The molecule has 0 aliphatic carbocycles. The Hall–Kier alpha value is -3.12. The summed E-state index contributed by atoms with van der Waals surface area (Å²) in [7, 11) is 0. The van der Waals surface area contributed by atoms with Crippen molar-refractivity contribution in [3.05, 3.63) is 70.2 Å². The Morgan fingerprint density at radius 1 is 1.04 bits per heavy atom. The molecule has 0 amide bonds. The minimum Gasteiger partial charge on any atom is -0.434 e. The van der Waals surface area contributed by atoms with Crippen LogP contribution in [0.2, 0.25) is 5.02 Å². The number of oxazole rings is 1. The van der Waals surface area contributed by atoms with Gasteiger partial charge in [-0.15, -0.1) is 0 Å². The molecule has 2 aromatic heterocycles. The number of nitrogen functional groups attached to an aromatic ring is 1. The van der Waals surface area contributed by atoms with Crippen LogP contribution >= 0.6 is 11.6 Å². The Morgan fingerprint density at radius 3 is 2.62 bits per heavy atom. The molecule has 0 fully saturated rings. The predicted octanol–water partition coefficient (Wildman–Crippen LogP) is 3.28. The fourth-order valence-corrected chi connectivity index (χ4v) is 2.59. The number of aromatic nitrogens is 3. The lowest BCUT2D eigenvalue weighted by atomic mass is 10.2. The summed E-state index contributed by atoms with van der Waals surface area (Å²) in [6.45, 7) is 0. The fraction of sp³-hybridized carbons (Fsp3) is 0. The number of rotatable bonds is 2. The maximum Gasteiger partial charge on any atom is 0.354 e. The van der Waals surface area contributed by atoms with E-state index in [1.807, 2.05) is 36.4 Å². The van der Waals surface area contributed by atoms with Crippen LogP contribution in [0.25, 0.3) is 28.2 Å². The maximum atomic E-state index is 12.2.